The van der Waals surface area contributed by atoms with E-state index in [1.807, 2.05) is 32.9 Å². The van der Waals surface area contributed by atoms with Gasteiger partial charge in [-0.05, 0) is 38.5 Å². The van der Waals surface area contributed by atoms with E-state index in [4.69, 9.17) is 14.7 Å². The molecule has 0 heterocycles. The van der Waals surface area contributed by atoms with Gasteiger partial charge >= 0.3 is 0 Å². The zero-order valence-corrected chi connectivity index (χ0v) is 14.1. The molecule has 0 saturated heterocycles. The highest BCUT2D eigenvalue weighted by Crippen LogP contribution is 2.29. The maximum atomic E-state index is 12.2. The SMILES string of the molecule is COc1ccc(C(C)NC(=O)/C(C#N)=C\NC(C)C)cc1OC. The molecular formula is C17H23N3O3. The fourth-order valence-electron chi connectivity index (χ4n) is 1.88. The van der Waals surface area contributed by atoms with Crippen LogP contribution in [-0.2, 0) is 4.79 Å². The molecular weight excluding hydrogens is 294 g/mol. The fraction of sp³-hybridized carbons (Fsp3) is 0.412. The molecule has 1 aromatic rings. The molecule has 1 aromatic carbocycles. The molecule has 0 aliphatic rings. The second kappa shape index (κ2) is 8.69. The van der Waals surface area contributed by atoms with Crippen molar-refractivity contribution in [3.63, 3.8) is 0 Å². The average Bonchev–Trinajstić information content (AvgIpc) is 2.54. The minimum Gasteiger partial charge on any atom is -0.493 e. The van der Waals surface area contributed by atoms with E-state index in [9.17, 15) is 4.79 Å². The molecule has 0 aromatic heterocycles. The number of hydrogen-bond donors (Lipinski definition) is 2. The summed E-state index contributed by atoms with van der Waals surface area (Å²) < 4.78 is 10.4. The Morgan fingerprint density at radius 1 is 1.22 bits per heavy atom. The van der Waals surface area contributed by atoms with Crippen LogP contribution in [0.5, 0.6) is 11.5 Å². The van der Waals surface area contributed by atoms with E-state index < -0.39 is 5.91 Å². The van der Waals surface area contributed by atoms with E-state index in [0.717, 1.165) is 5.56 Å². The predicted molar refractivity (Wildman–Crippen MR) is 88.1 cm³/mol. The third kappa shape index (κ3) is 5.22. The summed E-state index contributed by atoms with van der Waals surface area (Å²) >= 11 is 0. The van der Waals surface area contributed by atoms with Gasteiger partial charge in [0.25, 0.3) is 5.91 Å². The second-order valence-corrected chi connectivity index (χ2v) is 5.30. The van der Waals surface area contributed by atoms with Gasteiger partial charge in [-0.2, -0.15) is 5.26 Å². The van der Waals surface area contributed by atoms with Gasteiger partial charge in [0.15, 0.2) is 11.5 Å². The lowest BCUT2D eigenvalue weighted by Gasteiger charge is -2.16. The summed E-state index contributed by atoms with van der Waals surface area (Å²) in [6.07, 6.45) is 1.43. The van der Waals surface area contributed by atoms with Crippen LogP contribution in [0.2, 0.25) is 0 Å². The topological polar surface area (TPSA) is 83.4 Å². The zero-order valence-electron chi connectivity index (χ0n) is 14.1. The van der Waals surface area contributed by atoms with E-state index in [0.29, 0.717) is 11.5 Å². The number of carbonyl (C=O) groups is 1. The smallest absolute Gasteiger partial charge is 0.263 e. The van der Waals surface area contributed by atoms with Crippen LogP contribution in [-0.4, -0.2) is 26.2 Å². The lowest BCUT2D eigenvalue weighted by Crippen LogP contribution is -2.29. The highest BCUT2D eigenvalue weighted by molar-refractivity contribution is 5.97. The van der Waals surface area contributed by atoms with Gasteiger partial charge < -0.3 is 20.1 Å². The fourth-order valence-corrected chi connectivity index (χ4v) is 1.88. The van der Waals surface area contributed by atoms with Crippen LogP contribution in [0.4, 0.5) is 0 Å². The Bertz CT molecular complexity index is 618. The monoisotopic (exact) mass is 317 g/mol. The van der Waals surface area contributed by atoms with E-state index in [-0.39, 0.29) is 17.7 Å². The number of rotatable bonds is 7. The molecule has 0 aliphatic heterocycles. The first-order valence-corrected chi connectivity index (χ1v) is 7.32. The van der Waals surface area contributed by atoms with Gasteiger partial charge in [0, 0.05) is 12.2 Å². The Hall–Kier alpha value is -2.68. The van der Waals surface area contributed by atoms with Gasteiger partial charge in [-0.1, -0.05) is 6.07 Å². The molecule has 1 atom stereocenters. The van der Waals surface area contributed by atoms with Gasteiger partial charge in [-0.15, -0.1) is 0 Å². The van der Waals surface area contributed by atoms with E-state index in [1.54, 1.807) is 26.4 Å². The number of carbonyl (C=O) groups excluding carboxylic acids is 1. The first kappa shape index (κ1) is 18.4. The molecule has 2 N–H and O–H groups in total. The van der Waals surface area contributed by atoms with Gasteiger partial charge in [0.05, 0.1) is 20.3 Å². The minimum atomic E-state index is -0.428. The molecule has 124 valence electrons. The summed E-state index contributed by atoms with van der Waals surface area (Å²) in [7, 11) is 3.12. The molecule has 1 rings (SSSR count). The van der Waals surface area contributed by atoms with E-state index >= 15 is 0 Å². The number of ether oxygens (including phenoxy) is 2. The highest BCUT2D eigenvalue weighted by atomic mass is 16.5. The number of amides is 1. The Labute approximate surface area is 137 Å². The second-order valence-electron chi connectivity index (χ2n) is 5.30. The van der Waals surface area contributed by atoms with E-state index in [2.05, 4.69) is 10.6 Å². The van der Waals surface area contributed by atoms with Crippen LogP contribution in [0.3, 0.4) is 0 Å². The largest absolute Gasteiger partial charge is 0.493 e. The van der Waals surface area contributed by atoms with Crippen LogP contribution < -0.4 is 20.1 Å². The summed E-state index contributed by atoms with van der Waals surface area (Å²) in [6.45, 7) is 5.69. The van der Waals surface area contributed by atoms with Crippen molar-refractivity contribution >= 4 is 5.91 Å². The van der Waals surface area contributed by atoms with Crippen LogP contribution in [0.1, 0.15) is 32.4 Å². The number of benzene rings is 1. The maximum Gasteiger partial charge on any atom is 0.263 e. The van der Waals surface area contributed by atoms with Gasteiger partial charge in [-0.25, -0.2) is 0 Å². The van der Waals surface area contributed by atoms with Crippen LogP contribution in [0.25, 0.3) is 0 Å². The van der Waals surface area contributed by atoms with Crippen molar-refractivity contribution < 1.29 is 14.3 Å². The Kier molecular flexibility index (Phi) is 6.94. The number of nitrogens with zero attached hydrogens (tertiary/aromatic N) is 1. The number of nitrogens with one attached hydrogen (secondary N) is 2. The molecule has 0 bridgehead atoms. The summed E-state index contributed by atoms with van der Waals surface area (Å²) in [6, 6.07) is 7.18. The van der Waals surface area contributed by atoms with Crippen molar-refractivity contribution in [1.29, 1.82) is 5.26 Å². The van der Waals surface area contributed by atoms with E-state index in [1.165, 1.54) is 6.20 Å². The third-order valence-electron chi connectivity index (χ3n) is 3.18. The first-order valence-electron chi connectivity index (χ1n) is 7.32. The Morgan fingerprint density at radius 3 is 2.39 bits per heavy atom. The van der Waals surface area contributed by atoms with Gasteiger partial charge in [0.1, 0.15) is 11.6 Å². The van der Waals surface area contributed by atoms with Crippen molar-refractivity contribution in [2.24, 2.45) is 0 Å². The molecule has 0 aliphatic carbocycles. The third-order valence-corrected chi connectivity index (χ3v) is 3.18. The lowest BCUT2D eigenvalue weighted by atomic mass is 10.1. The summed E-state index contributed by atoms with van der Waals surface area (Å²) in [5.41, 5.74) is 0.885. The van der Waals surface area contributed by atoms with Crippen molar-refractivity contribution in [1.82, 2.24) is 10.6 Å². The summed E-state index contributed by atoms with van der Waals surface area (Å²) in [5, 5.41) is 14.8. The van der Waals surface area contributed by atoms with Crippen LogP contribution in [0, 0.1) is 11.3 Å². The molecule has 6 heteroatoms. The number of hydrogen-bond acceptors (Lipinski definition) is 5. The quantitative estimate of drug-likeness (QED) is 0.595. The van der Waals surface area contributed by atoms with Crippen molar-refractivity contribution in [2.45, 2.75) is 32.9 Å². The van der Waals surface area contributed by atoms with Crippen molar-refractivity contribution in [2.75, 3.05) is 14.2 Å². The number of nitriles is 1. The molecule has 0 fully saturated rings. The van der Waals surface area contributed by atoms with Crippen molar-refractivity contribution in [3.8, 4) is 17.6 Å². The Morgan fingerprint density at radius 2 is 1.87 bits per heavy atom. The molecule has 0 spiro atoms. The molecule has 0 saturated carbocycles. The van der Waals surface area contributed by atoms with Gasteiger partial charge in [-0.3, -0.25) is 4.79 Å². The molecule has 0 radical (unpaired) electrons. The summed E-state index contributed by atoms with van der Waals surface area (Å²) in [4.78, 5) is 12.2. The Balaban J connectivity index is 2.86. The molecule has 1 unspecified atom stereocenters. The molecule has 6 nitrogen and oxygen atoms in total. The first-order chi connectivity index (χ1) is 10.9. The normalized spacial score (nSPS) is 12.3. The van der Waals surface area contributed by atoms with Gasteiger partial charge in [0.2, 0.25) is 0 Å². The zero-order chi connectivity index (χ0) is 17.4. The van der Waals surface area contributed by atoms with Crippen molar-refractivity contribution in [3.05, 3.63) is 35.5 Å². The summed E-state index contributed by atoms with van der Waals surface area (Å²) in [5.74, 6) is 0.778. The standard InChI is InChI=1S/C17H23N3O3/c1-11(2)19-10-14(9-18)17(21)20-12(3)13-6-7-15(22-4)16(8-13)23-5/h6-8,10-12,19H,1-5H3,(H,20,21)/b14-10-. The van der Waals surface area contributed by atoms with Crippen LogP contribution >= 0.6 is 0 Å². The molecule has 23 heavy (non-hydrogen) atoms. The molecule has 1 amide bonds. The number of methoxy groups -OCH3 is 2. The van der Waals surface area contributed by atoms with Crippen LogP contribution in [0.15, 0.2) is 30.0 Å². The predicted octanol–water partition coefficient (Wildman–Crippen LogP) is 2.29. The minimum absolute atomic E-state index is 0.0334. The maximum absolute atomic E-state index is 12.2. The lowest BCUT2D eigenvalue weighted by molar-refractivity contribution is -0.117. The highest BCUT2D eigenvalue weighted by Gasteiger charge is 2.15. The average molecular weight is 317 g/mol.